The summed E-state index contributed by atoms with van der Waals surface area (Å²) in [5.41, 5.74) is 1.12. The van der Waals surface area contributed by atoms with E-state index >= 15 is 0 Å². The van der Waals surface area contributed by atoms with Crippen LogP contribution in [0, 0.1) is 0 Å². The van der Waals surface area contributed by atoms with Crippen LogP contribution in [0.1, 0.15) is 23.5 Å². The third-order valence-electron chi connectivity index (χ3n) is 3.76. The summed E-state index contributed by atoms with van der Waals surface area (Å²) in [6.07, 6.45) is 3.94. The van der Waals surface area contributed by atoms with Gasteiger partial charge in [-0.15, -0.1) is 11.3 Å². The molecule has 1 aliphatic heterocycles. The van der Waals surface area contributed by atoms with Crippen LogP contribution in [0.15, 0.2) is 34.9 Å². The van der Waals surface area contributed by atoms with Crippen molar-refractivity contribution in [3.63, 3.8) is 0 Å². The van der Waals surface area contributed by atoms with Crippen LogP contribution >= 0.6 is 11.3 Å². The first-order valence-electron chi connectivity index (χ1n) is 7.92. The van der Waals surface area contributed by atoms with Crippen molar-refractivity contribution in [3.05, 3.63) is 40.3 Å². The molecule has 1 saturated heterocycles. The second kappa shape index (κ2) is 7.61. The van der Waals surface area contributed by atoms with Crippen LogP contribution in [-0.2, 0) is 18.3 Å². The number of ether oxygens (including phenoxy) is 1. The monoisotopic (exact) mass is 333 g/mol. The number of hydrogen-bond donors (Lipinski definition) is 1. The Hall–Kier alpha value is -1.86. The SMILES string of the molecule is CCNC(=NCc1cccs1)N1CCOC(c2cnn(C)c2)C1. The van der Waals surface area contributed by atoms with E-state index in [-0.39, 0.29) is 6.10 Å². The highest BCUT2D eigenvalue weighted by Gasteiger charge is 2.25. The Balaban J connectivity index is 1.69. The number of nitrogens with one attached hydrogen (secondary N) is 1. The minimum Gasteiger partial charge on any atom is -0.370 e. The molecule has 1 atom stereocenters. The topological polar surface area (TPSA) is 54.7 Å². The zero-order valence-corrected chi connectivity index (χ0v) is 14.4. The molecule has 2 aromatic rings. The van der Waals surface area contributed by atoms with Gasteiger partial charge in [0.15, 0.2) is 5.96 Å². The molecule has 1 N–H and O–H groups in total. The van der Waals surface area contributed by atoms with Crippen molar-refractivity contribution in [2.75, 3.05) is 26.2 Å². The van der Waals surface area contributed by atoms with Crippen molar-refractivity contribution >= 4 is 17.3 Å². The molecule has 0 saturated carbocycles. The van der Waals surface area contributed by atoms with Crippen LogP contribution in [0.25, 0.3) is 0 Å². The van der Waals surface area contributed by atoms with Gasteiger partial charge in [-0.25, -0.2) is 4.99 Å². The summed E-state index contributed by atoms with van der Waals surface area (Å²) in [5.74, 6) is 0.957. The lowest BCUT2D eigenvalue weighted by Crippen LogP contribution is -2.48. The summed E-state index contributed by atoms with van der Waals surface area (Å²) in [6, 6.07) is 4.19. The summed E-state index contributed by atoms with van der Waals surface area (Å²) < 4.78 is 7.72. The van der Waals surface area contributed by atoms with Crippen molar-refractivity contribution in [3.8, 4) is 0 Å². The molecule has 0 spiro atoms. The first-order chi connectivity index (χ1) is 11.3. The number of nitrogens with zero attached hydrogens (tertiary/aromatic N) is 4. The molecule has 3 heterocycles. The normalized spacial score (nSPS) is 19.1. The number of hydrogen-bond acceptors (Lipinski definition) is 4. The minimum atomic E-state index is 0.0445. The second-order valence-corrected chi connectivity index (χ2v) is 6.53. The van der Waals surface area contributed by atoms with E-state index in [1.54, 1.807) is 11.3 Å². The van der Waals surface area contributed by atoms with Crippen LogP contribution < -0.4 is 5.32 Å². The highest BCUT2D eigenvalue weighted by Crippen LogP contribution is 2.21. The molecular weight excluding hydrogens is 310 g/mol. The van der Waals surface area contributed by atoms with E-state index in [4.69, 9.17) is 9.73 Å². The van der Waals surface area contributed by atoms with E-state index in [1.165, 1.54) is 4.88 Å². The fraction of sp³-hybridized carbons (Fsp3) is 0.500. The maximum atomic E-state index is 5.91. The van der Waals surface area contributed by atoms with Gasteiger partial charge in [-0.3, -0.25) is 4.68 Å². The number of aliphatic imine (C=N–C) groups is 1. The van der Waals surface area contributed by atoms with Crippen LogP contribution in [0.4, 0.5) is 0 Å². The zero-order valence-electron chi connectivity index (χ0n) is 13.6. The molecular formula is C16H23N5OS. The summed E-state index contributed by atoms with van der Waals surface area (Å²) in [6.45, 7) is 6.02. The smallest absolute Gasteiger partial charge is 0.194 e. The molecule has 0 amide bonds. The Labute approximate surface area is 140 Å². The van der Waals surface area contributed by atoms with Gasteiger partial charge in [0.25, 0.3) is 0 Å². The quantitative estimate of drug-likeness (QED) is 0.687. The zero-order chi connectivity index (χ0) is 16.1. The summed E-state index contributed by atoms with van der Waals surface area (Å²) >= 11 is 1.74. The van der Waals surface area contributed by atoms with Crippen LogP contribution in [0.3, 0.4) is 0 Å². The lowest BCUT2D eigenvalue weighted by molar-refractivity contribution is -0.00805. The van der Waals surface area contributed by atoms with Crippen molar-refractivity contribution in [2.45, 2.75) is 19.6 Å². The molecule has 1 fully saturated rings. The molecule has 7 heteroatoms. The fourth-order valence-corrected chi connectivity index (χ4v) is 3.26. The van der Waals surface area contributed by atoms with Gasteiger partial charge in [0.1, 0.15) is 6.10 Å². The number of morpholine rings is 1. The number of thiophene rings is 1. The maximum Gasteiger partial charge on any atom is 0.194 e. The average molecular weight is 333 g/mol. The molecule has 3 rings (SSSR count). The molecule has 0 bridgehead atoms. The lowest BCUT2D eigenvalue weighted by Gasteiger charge is -2.34. The van der Waals surface area contributed by atoms with Crippen molar-refractivity contribution < 1.29 is 4.74 Å². The molecule has 23 heavy (non-hydrogen) atoms. The van der Waals surface area contributed by atoms with Crippen LogP contribution in [-0.4, -0.2) is 46.9 Å². The van der Waals surface area contributed by atoms with E-state index in [0.29, 0.717) is 6.61 Å². The minimum absolute atomic E-state index is 0.0445. The predicted octanol–water partition coefficient (Wildman–Crippen LogP) is 2.02. The van der Waals surface area contributed by atoms with Gasteiger partial charge in [0, 0.05) is 36.8 Å². The number of aromatic nitrogens is 2. The predicted molar refractivity (Wildman–Crippen MR) is 92.6 cm³/mol. The fourth-order valence-electron chi connectivity index (χ4n) is 2.63. The van der Waals surface area contributed by atoms with Gasteiger partial charge in [0.2, 0.25) is 0 Å². The highest BCUT2D eigenvalue weighted by molar-refractivity contribution is 7.09. The van der Waals surface area contributed by atoms with E-state index in [1.807, 2.05) is 24.1 Å². The van der Waals surface area contributed by atoms with Crippen LogP contribution in [0.5, 0.6) is 0 Å². The molecule has 6 nitrogen and oxygen atoms in total. The number of aryl methyl sites for hydroxylation is 1. The highest BCUT2D eigenvalue weighted by atomic mass is 32.1. The van der Waals surface area contributed by atoms with Gasteiger partial charge in [0.05, 0.1) is 25.9 Å². The third-order valence-corrected chi connectivity index (χ3v) is 4.62. The molecule has 0 aliphatic carbocycles. The van der Waals surface area contributed by atoms with Crippen molar-refractivity contribution in [1.29, 1.82) is 0 Å². The van der Waals surface area contributed by atoms with Gasteiger partial charge in [-0.1, -0.05) is 6.07 Å². The molecule has 1 unspecified atom stereocenters. The Morgan fingerprint density at radius 2 is 2.48 bits per heavy atom. The molecule has 0 aromatic carbocycles. The van der Waals surface area contributed by atoms with Crippen LogP contribution in [0.2, 0.25) is 0 Å². The Morgan fingerprint density at radius 3 is 3.17 bits per heavy atom. The molecule has 0 radical (unpaired) electrons. The van der Waals surface area contributed by atoms with E-state index < -0.39 is 0 Å². The lowest BCUT2D eigenvalue weighted by atomic mass is 10.1. The van der Waals surface area contributed by atoms with Crippen molar-refractivity contribution in [1.82, 2.24) is 20.0 Å². The number of guanidine groups is 1. The van der Waals surface area contributed by atoms with Crippen molar-refractivity contribution in [2.24, 2.45) is 12.0 Å². The molecule has 1 aliphatic rings. The first kappa shape index (κ1) is 16.0. The average Bonchev–Trinajstić information content (AvgIpc) is 3.23. The third kappa shape index (κ3) is 4.11. The Bertz CT molecular complexity index is 637. The van der Waals surface area contributed by atoms with E-state index in [0.717, 1.165) is 37.7 Å². The van der Waals surface area contributed by atoms with E-state index in [2.05, 4.69) is 39.8 Å². The Morgan fingerprint density at radius 1 is 1.57 bits per heavy atom. The second-order valence-electron chi connectivity index (χ2n) is 5.50. The van der Waals surface area contributed by atoms with Gasteiger partial charge < -0.3 is 15.0 Å². The largest absolute Gasteiger partial charge is 0.370 e. The summed E-state index contributed by atoms with van der Waals surface area (Å²) in [5, 5.41) is 9.73. The number of rotatable bonds is 4. The van der Waals surface area contributed by atoms with E-state index in [9.17, 15) is 0 Å². The molecule has 2 aromatic heterocycles. The maximum absolute atomic E-state index is 5.91. The van der Waals surface area contributed by atoms with Gasteiger partial charge >= 0.3 is 0 Å². The van der Waals surface area contributed by atoms with Gasteiger partial charge in [-0.05, 0) is 18.4 Å². The van der Waals surface area contributed by atoms with Gasteiger partial charge in [-0.2, -0.15) is 5.10 Å². The molecule has 124 valence electrons. The summed E-state index contributed by atoms with van der Waals surface area (Å²) in [4.78, 5) is 8.33. The first-order valence-corrected chi connectivity index (χ1v) is 8.80. The Kier molecular flexibility index (Phi) is 5.30. The standard InChI is InChI=1S/C16H23N5OS/c1-3-17-16(18-10-14-5-4-8-23-14)21-6-7-22-15(12-21)13-9-19-20(2)11-13/h4-5,8-9,11,15H,3,6-7,10,12H2,1-2H3,(H,17,18). The summed E-state index contributed by atoms with van der Waals surface area (Å²) in [7, 11) is 1.93.